The van der Waals surface area contributed by atoms with E-state index in [4.69, 9.17) is 16.3 Å². The van der Waals surface area contributed by atoms with Crippen molar-refractivity contribution in [2.45, 2.75) is 19.4 Å². The van der Waals surface area contributed by atoms with E-state index in [2.05, 4.69) is 6.07 Å². The van der Waals surface area contributed by atoms with Crippen molar-refractivity contribution in [3.63, 3.8) is 0 Å². The number of ether oxygens (including phenoxy) is 1. The van der Waals surface area contributed by atoms with Crippen LogP contribution in [0.3, 0.4) is 0 Å². The van der Waals surface area contributed by atoms with Crippen molar-refractivity contribution in [2.24, 2.45) is 0 Å². The predicted molar refractivity (Wildman–Crippen MR) is 91.8 cm³/mol. The minimum absolute atomic E-state index is 0.218. The number of esters is 1. The predicted octanol–water partition coefficient (Wildman–Crippen LogP) is 3.38. The summed E-state index contributed by atoms with van der Waals surface area (Å²) in [6.45, 7) is 1.61. The molecular formula is C19H18ClNO3. The number of halogens is 1. The molecule has 4 nitrogen and oxygen atoms in total. The van der Waals surface area contributed by atoms with Gasteiger partial charge in [0.15, 0.2) is 6.61 Å². The first kappa shape index (κ1) is 16.5. The van der Waals surface area contributed by atoms with Gasteiger partial charge in [0.05, 0.1) is 6.04 Å². The highest BCUT2D eigenvalue weighted by Gasteiger charge is 2.33. The van der Waals surface area contributed by atoms with Crippen LogP contribution >= 0.6 is 11.6 Å². The lowest BCUT2D eigenvalue weighted by atomic mass is 9.88. The highest BCUT2D eigenvalue weighted by molar-refractivity contribution is 6.31. The first-order valence-corrected chi connectivity index (χ1v) is 8.21. The Hall–Kier alpha value is -2.33. The van der Waals surface area contributed by atoms with Crippen molar-refractivity contribution >= 4 is 23.5 Å². The quantitative estimate of drug-likeness (QED) is 0.803. The number of carbonyl (C=O) groups is 2. The molecule has 1 aliphatic heterocycles. The Morgan fingerprint density at radius 2 is 1.79 bits per heavy atom. The summed E-state index contributed by atoms with van der Waals surface area (Å²) in [5.74, 6) is -0.681. The lowest BCUT2D eigenvalue weighted by Gasteiger charge is -2.38. The lowest BCUT2D eigenvalue weighted by Crippen LogP contribution is -2.42. The summed E-state index contributed by atoms with van der Waals surface area (Å²) in [6, 6.07) is 15.3. The van der Waals surface area contributed by atoms with E-state index in [0.29, 0.717) is 11.6 Å². The summed E-state index contributed by atoms with van der Waals surface area (Å²) >= 11 is 6.40. The van der Waals surface area contributed by atoms with Gasteiger partial charge in [-0.15, -0.1) is 0 Å². The number of nitrogens with zero attached hydrogens (tertiary/aromatic N) is 1. The minimum Gasteiger partial charge on any atom is -0.456 e. The van der Waals surface area contributed by atoms with E-state index in [1.807, 2.05) is 42.5 Å². The smallest absolute Gasteiger partial charge is 0.303 e. The van der Waals surface area contributed by atoms with Crippen LogP contribution < -0.4 is 0 Å². The SMILES string of the molecule is CC(=O)OCC(=O)N1CCc2ccccc2C1c1ccccc1Cl. The maximum Gasteiger partial charge on any atom is 0.303 e. The number of hydrogen-bond donors (Lipinski definition) is 0. The van der Waals surface area contributed by atoms with Gasteiger partial charge >= 0.3 is 5.97 Å². The molecule has 1 aliphatic rings. The van der Waals surface area contributed by atoms with Gasteiger partial charge in [0, 0.05) is 18.5 Å². The first-order valence-electron chi connectivity index (χ1n) is 7.83. The molecule has 0 N–H and O–H groups in total. The molecular weight excluding hydrogens is 326 g/mol. The third-order valence-electron chi connectivity index (χ3n) is 4.20. The van der Waals surface area contributed by atoms with Crippen molar-refractivity contribution in [1.82, 2.24) is 4.90 Å². The highest BCUT2D eigenvalue weighted by atomic mass is 35.5. The molecule has 2 aromatic rings. The molecule has 2 aromatic carbocycles. The first-order chi connectivity index (χ1) is 11.6. The second-order valence-electron chi connectivity index (χ2n) is 5.74. The zero-order chi connectivity index (χ0) is 17.1. The van der Waals surface area contributed by atoms with Crippen molar-refractivity contribution in [3.05, 3.63) is 70.2 Å². The Morgan fingerprint density at radius 3 is 2.50 bits per heavy atom. The van der Waals surface area contributed by atoms with Crippen molar-refractivity contribution in [2.75, 3.05) is 13.2 Å². The molecule has 0 saturated heterocycles. The summed E-state index contributed by atoms with van der Waals surface area (Å²) < 4.78 is 4.90. The molecule has 24 heavy (non-hydrogen) atoms. The second-order valence-corrected chi connectivity index (χ2v) is 6.15. The molecule has 1 unspecified atom stereocenters. The molecule has 5 heteroatoms. The van der Waals surface area contributed by atoms with Crippen LogP contribution in [0.5, 0.6) is 0 Å². The summed E-state index contributed by atoms with van der Waals surface area (Å²) in [5.41, 5.74) is 3.15. The van der Waals surface area contributed by atoms with Crippen molar-refractivity contribution < 1.29 is 14.3 Å². The van der Waals surface area contributed by atoms with Gasteiger partial charge < -0.3 is 9.64 Å². The van der Waals surface area contributed by atoms with Crippen LogP contribution in [0.25, 0.3) is 0 Å². The molecule has 1 atom stereocenters. The van der Waals surface area contributed by atoms with E-state index in [1.54, 1.807) is 4.90 Å². The maximum absolute atomic E-state index is 12.6. The number of benzene rings is 2. The van der Waals surface area contributed by atoms with Crippen LogP contribution in [0.4, 0.5) is 0 Å². The second kappa shape index (κ2) is 7.05. The van der Waals surface area contributed by atoms with Gasteiger partial charge in [-0.1, -0.05) is 54.1 Å². The molecule has 1 amide bonds. The van der Waals surface area contributed by atoms with E-state index in [9.17, 15) is 9.59 Å². The Labute approximate surface area is 146 Å². The lowest BCUT2D eigenvalue weighted by molar-refractivity contribution is -0.151. The Kier molecular flexibility index (Phi) is 4.86. The van der Waals surface area contributed by atoms with E-state index >= 15 is 0 Å². The fourth-order valence-corrected chi connectivity index (χ4v) is 3.35. The number of hydrogen-bond acceptors (Lipinski definition) is 3. The normalized spacial score (nSPS) is 16.4. The molecule has 0 bridgehead atoms. The summed E-state index contributed by atoms with van der Waals surface area (Å²) in [4.78, 5) is 25.4. The van der Waals surface area contributed by atoms with Crippen molar-refractivity contribution in [3.8, 4) is 0 Å². The van der Waals surface area contributed by atoms with Crippen molar-refractivity contribution in [1.29, 1.82) is 0 Å². The fraction of sp³-hybridized carbons (Fsp3) is 0.263. The van der Waals surface area contributed by atoms with E-state index in [-0.39, 0.29) is 18.6 Å². The van der Waals surface area contributed by atoms with Crippen LogP contribution in [0, 0.1) is 0 Å². The molecule has 0 saturated carbocycles. The molecule has 1 heterocycles. The zero-order valence-corrected chi connectivity index (χ0v) is 14.1. The third kappa shape index (κ3) is 3.29. The number of amides is 1. The van der Waals surface area contributed by atoms with Gasteiger partial charge in [-0.25, -0.2) is 0 Å². The standard InChI is InChI=1S/C19H18ClNO3/c1-13(22)24-12-18(23)21-11-10-14-6-2-3-7-15(14)19(21)16-8-4-5-9-17(16)20/h2-9,19H,10-12H2,1H3. The molecule has 0 fully saturated rings. The highest BCUT2D eigenvalue weighted by Crippen LogP contribution is 2.38. The Bertz CT molecular complexity index is 775. The number of carbonyl (C=O) groups excluding carboxylic acids is 2. The minimum atomic E-state index is -0.463. The van der Waals surface area contributed by atoms with Gasteiger partial charge in [-0.2, -0.15) is 0 Å². The van der Waals surface area contributed by atoms with Crippen LogP contribution in [-0.4, -0.2) is 29.9 Å². The fourth-order valence-electron chi connectivity index (χ4n) is 3.11. The van der Waals surface area contributed by atoms with Gasteiger partial charge in [0.25, 0.3) is 5.91 Å². The molecule has 0 aliphatic carbocycles. The van der Waals surface area contributed by atoms with E-state index in [1.165, 1.54) is 12.5 Å². The molecule has 124 valence electrons. The average molecular weight is 344 g/mol. The zero-order valence-electron chi connectivity index (χ0n) is 13.4. The Balaban J connectivity index is 2.01. The van der Waals surface area contributed by atoms with Gasteiger partial charge in [0.2, 0.25) is 0 Å². The van der Waals surface area contributed by atoms with Gasteiger partial charge in [-0.05, 0) is 29.2 Å². The summed E-state index contributed by atoms with van der Waals surface area (Å²) in [5, 5.41) is 0.615. The maximum atomic E-state index is 12.6. The van der Waals surface area contributed by atoms with Crippen LogP contribution in [0.15, 0.2) is 48.5 Å². The van der Waals surface area contributed by atoms with E-state index in [0.717, 1.165) is 17.5 Å². The molecule has 3 rings (SSSR count). The topological polar surface area (TPSA) is 46.6 Å². The average Bonchev–Trinajstić information content (AvgIpc) is 2.59. The van der Waals surface area contributed by atoms with E-state index < -0.39 is 5.97 Å². The number of rotatable bonds is 3. The van der Waals surface area contributed by atoms with Crippen LogP contribution in [0.2, 0.25) is 5.02 Å². The monoisotopic (exact) mass is 343 g/mol. The summed E-state index contributed by atoms with van der Waals surface area (Å²) in [7, 11) is 0. The van der Waals surface area contributed by atoms with Crippen LogP contribution in [0.1, 0.15) is 29.7 Å². The Morgan fingerprint density at radius 1 is 1.12 bits per heavy atom. The van der Waals surface area contributed by atoms with Gasteiger partial charge in [0.1, 0.15) is 0 Å². The summed E-state index contributed by atoms with van der Waals surface area (Å²) in [6.07, 6.45) is 0.767. The number of fused-ring (bicyclic) bond motifs is 1. The molecule has 0 spiro atoms. The third-order valence-corrected chi connectivity index (χ3v) is 4.55. The van der Waals surface area contributed by atoms with Crippen LogP contribution in [-0.2, 0) is 20.7 Å². The molecule has 0 aromatic heterocycles. The van der Waals surface area contributed by atoms with Gasteiger partial charge in [-0.3, -0.25) is 9.59 Å². The molecule has 0 radical (unpaired) electrons. The largest absolute Gasteiger partial charge is 0.456 e.